The van der Waals surface area contributed by atoms with Gasteiger partial charge in [-0.1, -0.05) is 19.9 Å². The van der Waals surface area contributed by atoms with Crippen LogP contribution in [0.1, 0.15) is 37.6 Å². The van der Waals surface area contributed by atoms with Gasteiger partial charge in [0.05, 0.1) is 5.75 Å². The van der Waals surface area contributed by atoms with Crippen LogP contribution in [0.3, 0.4) is 0 Å². The molecule has 1 N–H and O–H groups in total. The maximum atomic E-state index is 13.7. The van der Waals surface area contributed by atoms with Crippen LogP contribution in [0, 0.1) is 11.7 Å². The van der Waals surface area contributed by atoms with Crippen LogP contribution in [0.5, 0.6) is 0 Å². The van der Waals surface area contributed by atoms with E-state index in [0.29, 0.717) is 22.9 Å². The Balaban J connectivity index is 2.45. The molecule has 0 spiro atoms. The van der Waals surface area contributed by atoms with Crippen molar-refractivity contribution in [2.75, 3.05) is 12.3 Å². The van der Waals surface area contributed by atoms with Crippen LogP contribution in [0.25, 0.3) is 0 Å². The van der Waals surface area contributed by atoms with Crippen molar-refractivity contribution in [3.05, 3.63) is 29.6 Å². The predicted molar refractivity (Wildman–Crippen MR) is 79.6 cm³/mol. The zero-order chi connectivity index (χ0) is 15.1. The van der Waals surface area contributed by atoms with Gasteiger partial charge < -0.3 is 5.32 Å². The second-order valence-electron chi connectivity index (χ2n) is 5.02. The summed E-state index contributed by atoms with van der Waals surface area (Å²) >= 11 is 1.14. The van der Waals surface area contributed by atoms with E-state index in [4.69, 9.17) is 0 Å². The zero-order valence-corrected chi connectivity index (χ0v) is 12.8. The molecule has 110 valence electrons. The van der Waals surface area contributed by atoms with Crippen molar-refractivity contribution in [2.45, 2.75) is 32.1 Å². The summed E-state index contributed by atoms with van der Waals surface area (Å²) in [6.07, 6.45) is 0.929. The predicted octanol–water partition coefficient (Wildman–Crippen LogP) is 3.28. The summed E-state index contributed by atoms with van der Waals surface area (Å²) < 4.78 is 13.7. The van der Waals surface area contributed by atoms with Crippen LogP contribution < -0.4 is 5.32 Å². The van der Waals surface area contributed by atoms with E-state index in [1.54, 1.807) is 6.07 Å². The zero-order valence-electron chi connectivity index (χ0n) is 12.0. The standard InChI is InChI=1S/C15H20FNO2S/c1-10(2)6-7-17-15(19)9-20-14-5-4-12(11(3)18)8-13(14)16/h4-5,8,10H,6-7,9H2,1-3H3,(H,17,19). The van der Waals surface area contributed by atoms with Crippen LogP contribution in [-0.2, 0) is 4.79 Å². The maximum absolute atomic E-state index is 13.7. The lowest BCUT2D eigenvalue weighted by Gasteiger charge is -2.07. The molecule has 0 saturated heterocycles. The number of carbonyl (C=O) groups excluding carboxylic acids is 2. The fraction of sp³-hybridized carbons (Fsp3) is 0.467. The van der Waals surface area contributed by atoms with Crippen molar-refractivity contribution in [1.82, 2.24) is 5.32 Å². The molecule has 0 saturated carbocycles. The first kappa shape index (κ1) is 16.7. The number of ketones is 1. The van der Waals surface area contributed by atoms with E-state index in [1.165, 1.54) is 19.1 Å². The van der Waals surface area contributed by atoms with Gasteiger partial charge >= 0.3 is 0 Å². The SMILES string of the molecule is CC(=O)c1ccc(SCC(=O)NCCC(C)C)c(F)c1. The minimum Gasteiger partial charge on any atom is -0.355 e. The lowest BCUT2D eigenvalue weighted by atomic mass is 10.1. The number of halogens is 1. The molecule has 0 bridgehead atoms. The molecule has 0 aliphatic carbocycles. The Hall–Kier alpha value is -1.36. The molecule has 1 aromatic rings. The molecule has 0 aliphatic rings. The van der Waals surface area contributed by atoms with Crippen molar-refractivity contribution < 1.29 is 14.0 Å². The Morgan fingerprint density at radius 3 is 2.60 bits per heavy atom. The Morgan fingerprint density at radius 1 is 1.35 bits per heavy atom. The summed E-state index contributed by atoms with van der Waals surface area (Å²) in [5.41, 5.74) is 0.341. The molecule has 0 radical (unpaired) electrons. The highest BCUT2D eigenvalue weighted by Gasteiger charge is 2.09. The summed E-state index contributed by atoms with van der Waals surface area (Å²) in [7, 11) is 0. The number of nitrogens with one attached hydrogen (secondary N) is 1. The highest BCUT2D eigenvalue weighted by molar-refractivity contribution is 8.00. The number of benzene rings is 1. The van der Waals surface area contributed by atoms with Crippen LogP contribution >= 0.6 is 11.8 Å². The van der Waals surface area contributed by atoms with Gasteiger partial charge in [0.15, 0.2) is 5.78 Å². The molecule has 0 atom stereocenters. The molecular formula is C15H20FNO2S. The van der Waals surface area contributed by atoms with Crippen molar-refractivity contribution >= 4 is 23.5 Å². The Morgan fingerprint density at radius 2 is 2.05 bits per heavy atom. The first-order chi connectivity index (χ1) is 9.40. The van der Waals surface area contributed by atoms with Crippen LogP contribution in [-0.4, -0.2) is 24.0 Å². The summed E-state index contributed by atoms with van der Waals surface area (Å²) in [4.78, 5) is 23.1. The van der Waals surface area contributed by atoms with Crippen LogP contribution in [0.4, 0.5) is 4.39 Å². The second-order valence-corrected chi connectivity index (χ2v) is 6.04. The van der Waals surface area contributed by atoms with E-state index in [2.05, 4.69) is 19.2 Å². The summed E-state index contributed by atoms with van der Waals surface area (Å²) in [6, 6.07) is 4.32. The van der Waals surface area contributed by atoms with Crippen molar-refractivity contribution in [3.8, 4) is 0 Å². The average Bonchev–Trinajstić information content (AvgIpc) is 2.36. The van der Waals surface area contributed by atoms with Gasteiger partial charge in [-0.05, 0) is 31.4 Å². The number of hydrogen-bond donors (Lipinski definition) is 1. The number of carbonyl (C=O) groups is 2. The van der Waals surface area contributed by atoms with Crippen molar-refractivity contribution in [3.63, 3.8) is 0 Å². The monoisotopic (exact) mass is 297 g/mol. The smallest absolute Gasteiger partial charge is 0.230 e. The molecule has 20 heavy (non-hydrogen) atoms. The lowest BCUT2D eigenvalue weighted by molar-refractivity contribution is -0.118. The third kappa shape index (κ3) is 5.74. The number of rotatable bonds is 7. The topological polar surface area (TPSA) is 46.2 Å². The molecule has 3 nitrogen and oxygen atoms in total. The van der Waals surface area contributed by atoms with Gasteiger partial charge in [0.1, 0.15) is 5.82 Å². The molecule has 0 unspecified atom stereocenters. The second kappa shape index (κ2) is 8.04. The quantitative estimate of drug-likeness (QED) is 0.620. The molecular weight excluding hydrogens is 277 g/mol. The van der Waals surface area contributed by atoms with Gasteiger partial charge in [0, 0.05) is 17.0 Å². The number of thioether (sulfide) groups is 1. The first-order valence-corrected chi connectivity index (χ1v) is 7.58. The number of Topliss-reactive ketones (excluding diaryl/α,β-unsaturated/α-hetero) is 1. The van der Waals surface area contributed by atoms with Crippen LogP contribution in [0.2, 0.25) is 0 Å². The third-order valence-corrected chi connectivity index (χ3v) is 3.79. The molecule has 5 heteroatoms. The van der Waals surface area contributed by atoms with Gasteiger partial charge in [0.2, 0.25) is 5.91 Å². The number of amides is 1. The molecule has 0 heterocycles. The molecule has 0 fully saturated rings. The average molecular weight is 297 g/mol. The lowest BCUT2D eigenvalue weighted by Crippen LogP contribution is -2.26. The summed E-state index contributed by atoms with van der Waals surface area (Å²) in [5.74, 6) is -0.0242. The van der Waals surface area contributed by atoms with E-state index in [1.807, 2.05) is 0 Å². The molecule has 1 aromatic carbocycles. The van der Waals surface area contributed by atoms with E-state index >= 15 is 0 Å². The Kier molecular flexibility index (Phi) is 6.71. The first-order valence-electron chi connectivity index (χ1n) is 6.60. The van der Waals surface area contributed by atoms with E-state index < -0.39 is 5.82 Å². The van der Waals surface area contributed by atoms with E-state index in [9.17, 15) is 14.0 Å². The summed E-state index contributed by atoms with van der Waals surface area (Å²) in [5, 5.41) is 2.80. The summed E-state index contributed by atoms with van der Waals surface area (Å²) in [6.45, 7) is 6.21. The normalized spacial score (nSPS) is 10.7. The maximum Gasteiger partial charge on any atom is 0.230 e. The Bertz CT molecular complexity index is 489. The molecule has 1 rings (SSSR count). The third-order valence-electron chi connectivity index (χ3n) is 2.74. The van der Waals surface area contributed by atoms with Gasteiger partial charge in [-0.25, -0.2) is 4.39 Å². The van der Waals surface area contributed by atoms with Crippen LogP contribution in [0.15, 0.2) is 23.1 Å². The van der Waals surface area contributed by atoms with Gasteiger partial charge in [-0.2, -0.15) is 0 Å². The minimum atomic E-state index is -0.460. The minimum absolute atomic E-state index is 0.106. The largest absolute Gasteiger partial charge is 0.355 e. The van der Waals surface area contributed by atoms with Crippen molar-refractivity contribution in [1.29, 1.82) is 0 Å². The van der Waals surface area contributed by atoms with Gasteiger partial charge in [-0.15, -0.1) is 11.8 Å². The van der Waals surface area contributed by atoms with Crippen molar-refractivity contribution in [2.24, 2.45) is 5.92 Å². The van der Waals surface area contributed by atoms with Gasteiger partial charge in [-0.3, -0.25) is 9.59 Å². The van der Waals surface area contributed by atoms with E-state index in [0.717, 1.165) is 18.2 Å². The fourth-order valence-corrected chi connectivity index (χ4v) is 2.28. The van der Waals surface area contributed by atoms with Gasteiger partial charge in [0.25, 0.3) is 0 Å². The van der Waals surface area contributed by atoms with E-state index in [-0.39, 0.29) is 17.4 Å². The highest BCUT2D eigenvalue weighted by Crippen LogP contribution is 2.22. The molecule has 1 amide bonds. The highest BCUT2D eigenvalue weighted by atomic mass is 32.2. The molecule has 0 aliphatic heterocycles. The molecule has 0 aromatic heterocycles. The fourth-order valence-electron chi connectivity index (χ4n) is 1.53. The number of hydrogen-bond acceptors (Lipinski definition) is 3. The Labute approximate surface area is 123 Å².